The van der Waals surface area contributed by atoms with Crippen molar-refractivity contribution in [3.05, 3.63) is 65.8 Å². The minimum absolute atomic E-state index is 0.598. The van der Waals surface area contributed by atoms with Crippen molar-refractivity contribution in [3.63, 3.8) is 0 Å². The van der Waals surface area contributed by atoms with Gasteiger partial charge in [-0.1, -0.05) is 86.9 Å². The topological polar surface area (TPSA) is 0 Å². The molecule has 0 N–H and O–H groups in total. The van der Waals surface area contributed by atoms with Crippen LogP contribution in [0.15, 0.2) is 54.6 Å². The van der Waals surface area contributed by atoms with E-state index in [1.807, 2.05) is 0 Å². The average molecular weight is 264 g/mol. The number of hydrogen-bond donors (Lipinski definition) is 0. The van der Waals surface area contributed by atoms with Gasteiger partial charge in [0.2, 0.25) is 0 Å². The molecule has 0 spiro atoms. The molecular formula is C20H24. The van der Waals surface area contributed by atoms with Crippen molar-refractivity contribution in [2.24, 2.45) is 11.8 Å². The van der Waals surface area contributed by atoms with Crippen LogP contribution in [0, 0.1) is 11.8 Å². The summed E-state index contributed by atoms with van der Waals surface area (Å²) in [4.78, 5) is 0. The Morgan fingerprint density at radius 1 is 1.00 bits per heavy atom. The molecule has 0 heteroatoms. The zero-order chi connectivity index (χ0) is 13.8. The molecule has 0 saturated carbocycles. The Bertz CT molecular complexity index is 521. The fourth-order valence-corrected chi connectivity index (χ4v) is 3.63. The zero-order valence-electron chi connectivity index (χ0n) is 12.3. The van der Waals surface area contributed by atoms with E-state index < -0.39 is 0 Å². The predicted molar refractivity (Wildman–Crippen MR) is 87.6 cm³/mol. The Morgan fingerprint density at radius 3 is 2.60 bits per heavy atom. The van der Waals surface area contributed by atoms with Crippen LogP contribution in [0.2, 0.25) is 0 Å². The quantitative estimate of drug-likeness (QED) is 0.575. The minimum atomic E-state index is 0.598. The predicted octanol–water partition coefficient (Wildman–Crippen LogP) is 5.74. The Hall–Kier alpha value is -1.56. The summed E-state index contributed by atoms with van der Waals surface area (Å²) in [5, 5.41) is 0. The molecule has 1 aromatic rings. The Morgan fingerprint density at radius 2 is 1.80 bits per heavy atom. The normalized spacial score (nSPS) is 21.6. The lowest BCUT2D eigenvalue weighted by molar-refractivity contribution is 0.372. The molecule has 3 rings (SSSR count). The fraction of sp³-hybridized carbons (Fsp3) is 0.400. The summed E-state index contributed by atoms with van der Waals surface area (Å²) in [5.74, 6) is 1.93. The van der Waals surface area contributed by atoms with Crippen LogP contribution in [0.1, 0.15) is 49.7 Å². The molecule has 0 amide bonds. The van der Waals surface area contributed by atoms with Crippen LogP contribution in [0.3, 0.4) is 0 Å². The third-order valence-corrected chi connectivity index (χ3v) is 4.71. The van der Waals surface area contributed by atoms with E-state index in [2.05, 4.69) is 67.6 Å². The fourth-order valence-electron chi connectivity index (χ4n) is 3.63. The number of benzene rings is 1. The molecular weight excluding hydrogens is 240 g/mol. The van der Waals surface area contributed by atoms with E-state index in [1.54, 1.807) is 0 Å². The van der Waals surface area contributed by atoms with Crippen LogP contribution >= 0.6 is 0 Å². The molecule has 2 atom stereocenters. The number of allylic oxidation sites excluding steroid dienone is 5. The maximum absolute atomic E-state index is 2.43. The van der Waals surface area contributed by atoms with E-state index in [-0.39, 0.29) is 0 Å². The van der Waals surface area contributed by atoms with Gasteiger partial charge < -0.3 is 0 Å². The molecule has 0 aromatic heterocycles. The van der Waals surface area contributed by atoms with Crippen LogP contribution in [-0.2, 0) is 0 Å². The summed E-state index contributed by atoms with van der Waals surface area (Å²) in [5.41, 5.74) is 2.95. The van der Waals surface area contributed by atoms with Gasteiger partial charge in [0, 0.05) is 5.92 Å². The van der Waals surface area contributed by atoms with E-state index in [0.717, 1.165) is 5.92 Å². The van der Waals surface area contributed by atoms with Crippen molar-refractivity contribution >= 4 is 6.08 Å². The monoisotopic (exact) mass is 264 g/mol. The highest BCUT2D eigenvalue weighted by Gasteiger charge is 2.30. The Balaban J connectivity index is 1.81. The van der Waals surface area contributed by atoms with Gasteiger partial charge in [-0.3, -0.25) is 0 Å². The minimum Gasteiger partial charge on any atom is -0.0773 e. The molecule has 0 radical (unpaired) electrons. The summed E-state index contributed by atoms with van der Waals surface area (Å²) in [6.45, 7) is 2.29. The summed E-state index contributed by atoms with van der Waals surface area (Å²) in [6, 6.07) is 8.89. The van der Waals surface area contributed by atoms with Gasteiger partial charge >= 0.3 is 0 Å². The van der Waals surface area contributed by atoms with Crippen molar-refractivity contribution in [1.82, 2.24) is 0 Å². The van der Waals surface area contributed by atoms with E-state index in [9.17, 15) is 0 Å². The molecule has 1 aromatic carbocycles. The van der Waals surface area contributed by atoms with Gasteiger partial charge in [-0.2, -0.15) is 0 Å². The first-order valence-corrected chi connectivity index (χ1v) is 8.02. The highest BCUT2D eigenvalue weighted by molar-refractivity contribution is 5.62. The van der Waals surface area contributed by atoms with E-state index in [0.29, 0.717) is 11.8 Å². The lowest BCUT2D eigenvalue weighted by Gasteiger charge is -2.27. The van der Waals surface area contributed by atoms with Crippen molar-refractivity contribution < 1.29 is 0 Å². The third-order valence-electron chi connectivity index (χ3n) is 4.71. The van der Waals surface area contributed by atoms with Crippen LogP contribution in [0.5, 0.6) is 0 Å². The SMILES string of the molecule is CCCCCC(C1C=CC=C1)C1C=Cc2ccccc21. The van der Waals surface area contributed by atoms with Gasteiger partial charge in [0.05, 0.1) is 0 Å². The first kappa shape index (κ1) is 13.4. The van der Waals surface area contributed by atoms with Crippen LogP contribution in [0.4, 0.5) is 0 Å². The lowest BCUT2D eigenvalue weighted by atomic mass is 9.76. The van der Waals surface area contributed by atoms with E-state index in [4.69, 9.17) is 0 Å². The van der Waals surface area contributed by atoms with Crippen molar-refractivity contribution in [2.75, 3.05) is 0 Å². The Labute approximate surface area is 122 Å². The third kappa shape index (κ3) is 2.65. The second kappa shape index (κ2) is 6.26. The lowest BCUT2D eigenvalue weighted by Crippen LogP contribution is -2.17. The summed E-state index contributed by atoms with van der Waals surface area (Å²) < 4.78 is 0. The first-order chi connectivity index (χ1) is 9.90. The van der Waals surface area contributed by atoms with E-state index in [1.165, 1.54) is 36.8 Å². The zero-order valence-corrected chi connectivity index (χ0v) is 12.3. The maximum Gasteiger partial charge on any atom is 0.00641 e. The van der Waals surface area contributed by atoms with Crippen molar-refractivity contribution in [2.45, 2.75) is 38.5 Å². The number of unbranched alkanes of at least 4 members (excludes halogenated alkanes) is 2. The molecule has 0 bridgehead atoms. The van der Waals surface area contributed by atoms with Gasteiger partial charge in [0.1, 0.15) is 0 Å². The van der Waals surface area contributed by atoms with Gasteiger partial charge in [-0.15, -0.1) is 0 Å². The van der Waals surface area contributed by atoms with Crippen LogP contribution in [-0.4, -0.2) is 0 Å². The second-order valence-electron chi connectivity index (χ2n) is 6.02. The summed E-state index contributed by atoms with van der Waals surface area (Å²) in [7, 11) is 0. The molecule has 0 saturated heterocycles. The van der Waals surface area contributed by atoms with Crippen LogP contribution < -0.4 is 0 Å². The van der Waals surface area contributed by atoms with Gasteiger partial charge in [-0.25, -0.2) is 0 Å². The number of hydrogen-bond acceptors (Lipinski definition) is 0. The Kier molecular flexibility index (Phi) is 4.20. The van der Waals surface area contributed by atoms with Crippen molar-refractivity contribution in [3.8, 4) is 0 Å². The van der Waals surface area contributed by atoms with E-state index >= 15 is 0 Å². The largest absolute Gasteiger partial charge is 0.0773 e. The molecule has 0 nitrogen and oxygen atoms in total. The molecule has 0 heterocycles. The molecule has 20 heavy (non-hydrogen) atoms. The van der Waals surface area contributed by atoms with Gasteiger partial charge in [0.25, 0.3) is 0 Å². The highest BCUT2D eigenvalue weighted by Crippen LogP contribution is 2.42. The highest BCUT2D eigenvalue weighted by atomic mass is 14.3. The average Bonchev–Trinajstić information content (AvgIpc) is 3.14. The first-order valence-electron chi connectivity index (χ1n) is 8.02. The second-order valence-corrected chi connectivity index (χ2v) is 6.02. The molecule has 2 aliphatic rings. The van der Waals surface area contributed by atoms with Crippen molar-refractivity contribution in [1.29, 1.82) is 0 Å². The molecule has 0 aliphatic heterocycles. The van der Waals surface area contributed by atoms with Gasteiger partial charge in [-0.05, 0) is 29.4 Å². The smallest absolute Gasteiger partial charge is 0.00641 e. The maximum atomic E-state index is 2.43. The van der Waals surface area contributed by atoms with Crippen LogP contribution in [0.25, 0.3) is 6.08 Å². The van der Waals surface area contributed by atoms with Gasteiger partial charge in [0.15, 0.2) is 0 Å². The summed E-state index contributed by atoms with van der Waals surface area (Å²) in [6.07, 6.45) is 19.3. The molecule has 2 aliphatic carbocycles. The molecule has 2 unspecified atom stereocenters. The number of rotatable bonds is 6. The molecule has 0 fully saturated rings. The standard InChI is InChI=1S/C20H24/c1-2-3-4-12-18(16-9-5-6-10-16)20-15-14-17-11-7-8-13-19(17)20/h5-11,13-16,18,20H,2-4,12H2,1H3. The number of fused-ring (bicyclic) bond motifs is 1. The molecule has 104 valence electrons. The summed E-state index contributed by atoms with van der Waals surface area (Å²) >= 11 is 0.